The van der Waals surface area contributed by atoms with Crippen LogP contribution in [0.3, 0.4) is 0 Å². The quantitative estimate of drug-likeness (QED) is 0.571. The van der Waals surface area contributed by atoms with Gasteiger partial charge in [-0.2, -0.15) is 0 Å². The van der Waals surface area contributed by atoms with Gasteiger partial charge in [-0.1, -0.05) is 29.8 Å². The molecule has 0 unspecified atom stereocenters. The van der Waals surface area contributed by atoms with Crippen LogP contribution in [-0.4, -0.2) is 53.3 Å². The number of hydrogen-bond donors (Lipinski definition) is 2. The molecule has 1 fully saturated rings. The van der Waals surface area contributed by atoms with Crippen LogP contribution in [-0.2, 0) is 24.4 Å². The summed E-state index contributed by atoms with van der Waals surface area (Å²) in [5, 5.41) is 13.4. The number of nitrogens with zero attached hydrogens (tertiary/aromatic N) is 2. The molecule has 1 aliphatic rings. The number of aliphatic hydroxyl groups is 1. The van der Waals surface area contributed by atoms with Gasteiger partial charge in [-0.3, -0.25) is 14.5 Å². The van der Waals surface area contributed by atoms with Crippen LogP contribution in [0.5, 0.6) is 0 Å². The first-order chi connectivity index (χ1) is 15.5. The highest BCUT2D eigenvalue weighted by molar-refractivity contribution is 6.30. The number of ether oxygens (including phenoxy) is 1. The number of pyridine rings is 1. The van der Waals surface area contributed by atoms with Crippen molar-refractivity contribution in [2.75, 3.05) is 32.8 Å². The van der Waals surface area contributed by atoms with Crippen molar-refractivity contribution < 1.29 is 14.6 Å². The van der Waals surface area contributed by atoms with Gasteiger partial charge in [0, 0.05) is 49.3 Å². The third-order valence-corrected chi connectivity index (χ3v) is 5.95. The number of carbonyl (C=O) groups excluding carboxylic acids is 1. The summed E-state index contributed by atoms with van der Waals surface area (Å²) < 4.78 is 7.36. The number of fused-ring (bicyclic) bond motifs is 1. The molecule has 1 amide bonds. The zero-order valence-electron chi connectivity index (χ0n) is 17.7. The molecule has 0 aliphatic carbocycles. The van der Waals surface area contributed by atoms with Crippen LogP contribution in [0.2, 0.25) is 5.02 Å². The van der Waals surface area contributed by atoms with E-state index in [0.717, 1.165) is 30.7 Å². The molecule has 3 aromatic rings. The summed E-state index contributed by atoms with van der Waals surface area (Å²) >= 11 is 5.91. The average Bonchev–Trinajstić information content (AvgIpc) is 2.83. The van der Waals surface area contributed by atoms with Crippen LogP contribution in [0.4, 0.5) is 0 Å². The highest BCUT2D eigenvalue weighted by atomic mass is 35.5. The van der Waals surface area contributed by atoms with Gasteiger partial charge in [0.2, 0.25) is 5.43 Å². The molecule has 1 saturated heterocycles. The normalized spacial score (nSPS) is 14.6. The van der Waals surface area contributed by atoms with Crippen LogP contribution in [0.25, 0.3) is 10.9 Å². The summed E-state index contributed by atoms with van der Waals surface area (Å²) in [6, 6.07) is 12.5. The first-order valence-electron chi connectivity index (χ1n) is 10.6. The Labute approximate surface area is 191 Å². The molecular weight excluding hydrogens is 430 g/mol. The maximum absolute atomic E-state index is 13.2. The number of hydrogen-bond acceptors (Lipinski definition) is 5. The summed E-state index contributed by atoms with van der Waals surface area (Å²) in [4.78, 5) is 28.4. The number of benzene rings is 2. The van der Waals surface area contributed by atoms with Gasteiger partial charge in [0.25, 0.3) is 5.91 Å². The van der Waals surface area contributed by atoms with Crippen LogP contribution in [0, 0.1) is 0 Å². The molecule has 8 heteroatoms. The SMILES string of the molecule is O=C(NCc1ccc(Cl)cc1)c1cn(CCN2CCOCC2)c2ccc(CO)cc2c1=O. The number of aliphatic hydroxyl groups excluding tert-OH is 1. The van der Waals surface area contributed by atoms with Gasteiger partial charge in [0.15, 0.2) is 0 Å². The minimum atomic E-state index is -0.429. The molecular formula is C24H26ClN3O4. The summed E-state index contributed by atoms with van der Waals surface area (Å²) in [6.45, 7) is 4.68. The van der Waals surface area contributed by atoms with Crippen molar-refractivity contribution in [3.8, 4) is 0 Å². The number of nitrogens with one attached hydrogen (secondary N) is 1. The van der Waals surface area contributed by atoms with Gasteiger partial charge in [0.05, 0.1) is 25.3 Å². The Bertz CT molecular complexity index is 1150. The van der Waals surface area contributed by atoms with Crippen molar-refractivity contribution in [1.29, 1.82) is 0 Å². The van der Waals surface area contributed by atoms with E-state index in [-0.39, 0.29) is 24.1 Å². The molecule has 1 aliphatic heterocycles. The molecule has 1 aromatic heterocycles. The number of aromatic nitrogens is 1. The van der Waals surface area contributed by atoms with Crippen molar-refractivity contribution in [3.63, 3.8) is 0 Å². The van der Waals surface area contributed by atoms with Gasteiger partial charge in [0.1, 0.15) is 5.56 Å². The Balaban J connectivity index is 1.62. The van der Waals surface area contributed by atoms with E-state index in [4.69, 9.17) is 16.3 Å². The second-order valence-electron chi connectivity index (χ2n) is 7.84. The largest absolute Gasteiger partial charge is 0.392 e. The first kappa shape index (κ1) is 22.5. The summed E-state index contributed by atoms with van der Waals surface area (Å²) in [5.41, 5.74) is 2.01. The lowest BCUT2D eigenvalue weighted by Gasteiger charge is -2.27. The van der Waals surface area contributed by atoms with E-state index in [1.807, 2.05) is 22.8 Å². The van der Waals surface area contributed by atoms with Crippen molar-refractivity contribution in [1.82, 2.24) is 14.8 Å². The van der Waals surface area contributed by atoms with E-state index >= 15 is 0 Å². The lowest BCUT2D eigenvalue weighted by molar-refractivity contribution is 0.0365. The lowest BCUT2D eigenvalue weighted by Crippen LogP contribution is -2.38. The second kappa shape index (κ2) is 10.3. The van der Waals surface area contributed by atoms with Gasteiger partial charge < -0.3 is 19.7 Å². The molecule has 2 heterocycles. The number of halogens is 1. The fourth-order valence-electron chi connectivity index (χ4n) is 3.84. The molecule has 7 nitrogen and oxygen atoms in total. The number of amides is 1. The smallest absolute Gasteiger partial charge is 0.257 e. The molecule has 2 aromatic carbocycles. The Hall–Kier alpha value is -2.71. The highest BCUT2D eigenvalue weighted by Crippen LogP contribution is 2.16. The highest BCUT2D eigenvalue weighted by Gasteiger charge is 2.17. The van der Waals surface area contributed by atoms with Crippen LogP contribution >= 0.6 is 11.6 Å². The fourth-order valence-corrected chi connectivity index (χ4v) is 3.97. The van der Waals surface area contributed by atoms with Crippen molar-refractivity contribution in [3.05, 3.63) is 80.6 Å². The predicted molar refractivity (Wildman–Crippen MR) is 124 cm³/mol. The van der Waals surface area contributed by atoms with Crippen molar-refractivity contribution in [2.45, 2.75) is 19.7 Å². The monoisotopic (exact) mass is 455 g/mol. The minimum Gasteiger partial charge on any atom is -0.392 e. The van der Waals surface area contributed by atoms with Crippen molar-refractivity contribution in [2.24, 2.45) is 0 Å². The van der Waals surface area contributed by atoms with Crippen LogP contribution in [0.15, 0.2) is 53.5 Å². The first-order valence-corrected chi connectivity index (χ1v) is 11.0. The summed E-state index contributed by atoms with van der Waals surface area (Å²) in [6.07, 6.45) is 1.64. The molecule has 0 atom stereocenters. The van der Waals surface area contributed by atoms with E-state index < -0.39 is 5.91 Å². The third kappa shape index (κ3) is 5.19. The van der Waals surface area contributed by atoms with Gasteiger partial charge in [-0.25, -0.2) is 0 Å². The third-order valence-electron chi connectivity index (χ3n) is 5.70. The molecule has 168 valence electrons. The van der Waals surface area contributed by atoms with Gasteiger partial charge in [-0.05, 0) is 35.4 Å². The van der Waals surface area contributed by atoms with E-state index in [0.29, 0.717) is 35.7 Å². The van der Waals surface area contributed by atoms with E-state index in [1.54, 1.807) is 30.5 Å². The van der Waals surface area contributed by atoms with Gasteiger partial charge in [-0.15, -0.1) is 0 Å². The lowest BCUT2D eigenvalue weighted by atomic mass is 10.1. The Morgan fingerprint density at radius 3 is 2.50 bits per heavy atom. The van der Waals surface area contributed by atoms with Crippen LogP contribution in [0.1, 0.15) is 21.5 Å². The number of morpholine rings is 1. The molecule has 0 bridgehead atoms. The zero-order valence-corrected chi connectivity index (χ0v) is 18.5. The Morgan fingerprint density at radius 1 is 1.06 bits per heavy atom. The maximum Gasteiger partial charge on any atom is 0.257 e. The van der Waals surface area contributed by atoms with Crippen LogP contribution < -0.4 is 10.7 Å². The van der Waals surface area contributed by atoms with E-state index in [2.05, 4.69) is 10.2 Å². The fraction of sp³-hybridized carbons (Fsp3) is 0.333. The Kier molecular flexibility index (Phi) is 7.22. The number of carbonyl (C=O) groups is 1. The number of rotatable bonds is 7. The second-order valence-corrected chi connectivity index (χ2v) is 8.27. The maximum atomic E-state index is 13.2. The standard InChI is InChI=1S/C24H26ClN3O4/c25-19-4-1-17(2-5-19)14-26-24(31)21-15-28(8-7-27-9-11-32-12-10-27)22-6-3-18(16-29)13-20(22)23(21)30/h1-6,13,15,29H,7-12,14,16H2,(H,26,31). The summed E-state index contributed by atoms with van der Waals surface area (Å²) in [7, 11) is 0. The molecule has 2 N–H and O–H groups in total. The van der Waals surface area contributed by atoms with E-state index in [1.165, 1.54) is 0 Å². The molecule has 4 rings (SSSR count). The molecule has 0 radical (unpaired) electrons. The molecule has 32 heavy (non-hydrogen) atoms. The zero-order chi connectivity index (χ0) is 22.5. The molecule has 0 saturated carbocycles. The molecule has 0 spiro atoms. The summed E-state index contributed by atoms with van der Waals surface area (Å²) in [5.74, 6) is -0.429. The van der Waals surface area contributed by atoms with Crippen molar-refractivity contribution >= 4 is 28.4 Å². The Morgan fingerprint density at radius 2 is 1.78 bits per heavy atom. The topological polar surface area (TPSA) is 83.8 Å². The minimum absolute atomic E-state index is 0.0866. The van der Waals surface area contributed by atoms with E-state index in [9.17, 15) is 14.7 Å². The van der Waals surface area contributed by atoms with Gasteiger partial charge >= 0.3 is 0 Å². The average molecular weight is 456 g/mol. The predicted octanol–water partition coefficient (Wildman–Crippen LogP) is 2.41.